The van der Waals surface area contributed by atoms with Crippen LogP contribution in [0.5, 0.6) is 5.75 Å². The summed E-state index contributed by atoms with van der Waals surface area (Å²) >= 11 is 0. The van der Waals surface area contributed by atoms with Crippen molar-refractivity contribution in [2.24, 2.45) is 5.92 Å². The van der Waals surface area contributed by atoms with E-state index in [0.29, 0.717) is 17.9 Å². The summed E-state index contributed by atoms with van der Waals surface area (Å²) in [6.45, 7) is 6.72. The first kappa shape index (κ1) is 25.3. The Balaban J connectivity index is 1.97. The molecule has 1 unspecified atom stereocenters. The number of amides is 2. The molecule has 0 spiro atoms. The fourth-order valence-corrected chi connectivity index (χ4v) is 2.96. The molecular weight excluding hydrogens is 430 g/mol. The van der Waals surface area contributed by atoms with Gasteiger partial charge in [-0.05, 0) is 50.1 Å². The molecule has 2 rings (SSSR count). The zero-order chi connectivity index (χ0) is 24.5. The second-order valence-corrected chi connectivity index (χ2v) is 7.52. The smallest absolute Gasteiger partial charge is 0.329 e. The number of nitro groups is 1. The number of carbonyl (C=O) groups excluding carboxylic acids is 3. The summed E-state index contributed by atoms with van der Waals surface area (Å²) in [7, 11) is 0. The number of nitro benzene ring substituents is 1. The summed E-state index contributed by atoms with van der Waals surface area (Å²) in [5.41, 5.74) is 0.733. The molecule has 0 bridgehead atoms. The van der Waals surface area contributed by atoms with Gasteiger partial charge in [0.2, 0.25) is 0 Å². The molecule has 2 aromatic carbocycles. The monoisotopic (exact) mass is 457 g/mol. The molecule has 176 valence electrons. The average molecular weight is 457 g/mol. The lowest BCUT2D eigenvalue weighted by Crippen LogP contribution is -2.45. The minimum Gasteiger partial charge on any atom is -0.494 e. The second-order valence-electron chi connectivity index (χ2n) is 7.52. The van der Waals surface area contributed by atoms with Crippen LogP contribution in [0.4, 0.5) is 11.4 Å². The molecule has 0 radical (unpaired) electrons. The standard InChI is InChI=1S/C23H27N3O7/c1-5-32-17-11-9-16(10-12-17)22(28)25-21(14(2)3)23(29)33-13-20(27)24-18-7-6-8-19(15(18)4)26(30)31/h6-12,14,21H,5,13H2,1-4H3,(H,24,27)(H,25,28). The topological polar surface area (TPSA) is 137 Å². The van der Waals surface area contributed by atoms with E-state index in [-0.39, 0.29) is 22.9 Å². The van der Waals surface area contributed by atoms with Gasteiger partial charge >= 0.3 is 5.97 Å². The first-order valence-electron chi connectivity index (χ1n) is 10.4. The van der Waals surface area contributed by atoms with Crippen molar-refractivity contribution in [1.82, 2.24) is 5.32 Å². The summed E-state index contributed by atoms with van der Waals surface area (Å²) in [6.07, 6.45) is 0. The number of esters is 1. The van der Waals surface area contributed by atoms with Crippen molar-refractivity contribution >= 4 is 29.2 Å². The summed E-state index contributed by atoms with van der Waals surface area (Å²) in [4.78, 5) is 47.8. The molecule has 0 aliphatic carbocycles. The third-order valence-corrected chi connectivity index (χ3v) is 4.76. The van der Waals surface area contributed by atoms with E-state index in [1.165, 1.54) is 25.1 Å². The van der Waals surface area contributed by atoms with E-state index in [1.807, 2.05) is 6.92 Å². The summed E-state index contributed by atoms with van der Waals surface area (Å²) in [5, 5.41) is 16.1. The van der Waals surface area contributed by atoms with Crippen molar-refractivity contribution in [3.05, 3.63) is 63.7 Å². The van der Waals surface area contributed by atoms with Crippen LogP contribution < -0.4 is 15.4 Å². The molecule has 0 fully saturated rings. The summed E-state index contributed by atoms with van der Waals surface area (Å²) in [5.74, 6) is -1.57. The number of nitrogens with zero attached hydrogens (tertiary/aromatic N) is 1. The molecule has 0 aliphatic heterocycles. The SMILES string of the molecule is CCOc1ccc(C(=O)NC(C(=O)OCC(=O)Nc2cccc([N+](=O)[O-])c2C)C(C)C)cc1. The van der Waals surface area contributed by atoms with Crippen molar-refractivity contribution in [2.75, 3.05) is 18.5 Å². The molecule has 0 aromatic heterocycles. The van der Waals surface area contributed by atoms with Gasteiger partial charge in [0.1, 0.15) is 11.8 Å². The molecule has 33 heavy (non-hydrogen) atoms. The molecule has 2 aromatic rings. The zero-order valence-corrected chi connectivity index (χ0v) is 18.9. The van der Waals surface area contributed by atoms with Crippen LogP contribution in [0.15, 0.2) is 42.5 Å². The number of benzene rings is 2. The van der Waals surface area contributed by atoms with Gasteiger partial charge in [-0.15, -0.1) is 0 Å². The Morgan fingerprint density at radius 1 is 1.09 bits per heavy atom. The number of ether oxygens (including phenoxy) is 2. The van der Waals surface area contributed by atoms with Crippen LogP contribution in [0.25, 0.3) is 0 Å². The van der Waals surface area contributed by atoms with Gasteiger partial charge < -0.3 is 20.1 Å². The van der Waals surface area contributed by atoms with Crippen LogP contribution >= 0.6 is 0 Å². The molecule has 0 heterocycles. The van der Waals surface area contributed by atoms with Crippen LogP contribution in [0.2, 0.25) is 0 Å². The molecule has 0 aliphatic rings. The highest BCUT2D eigenvalue weighted by atomic mass is 16.6. The number of anilines is 1. The van der Waals surface area contributed by atoms with Crippen molar-refractivity contribution in [1.29, 1.82) is 0 Å². The Hall–Kier alpha value is -3.95. The molecule has 2 N–H and O–H groups in total. The number of nitrogens with one attached hydrogen (secondary N) is 2. The second kappa shape index (κ2) is 11.6. The maximum absolute atomic E-state index is 12.5. The lowest BCUT2D eigenvalue weighted by molar-refractivity contribution is -0.385. The minimum absolute atomic E-state index is 0.137. The quantitative estimate of drug-likeness (QED) is 0.317. The van der Waals surface area contributed by atoms with E-state index >= 15 is 0 Å². The minimum atomic E-state index is -0.976. The van der Waals surface area contributed by atoms with Crippen molar-refractivity contribution in [3.8, 4) is 5.75 Å². The molecule has 10 heteroatoms. The fraction of sp³-hybridized carbons (Fsp3) is 0.348. The summed E-state index contributed by atoms with van der Waals surface area (Å²) < 4.78 is 10.4. The maximum Gasteiger partial charge on any atom is 0.329 e. The van der Waals surface area contributed by atoms with Gasteiger partial charge in [0.05, 0.1) is 22.8 Å². The van der Waals surface area contributed by atoms with E-state index in [2.05, 4.69) is 10.6 Å². The van der Waals surface area contributed by atoms with Crippen LogP contribution in [0, 0.1) is 23.0 Å². The number of carbonyl (C=O) groups is 3. The van der Waals surface area contributed by atoms with E-state index < -0.39 is 35.4 Å². The molecular formula is C23H27N3O7. The molecule has 10 nitrogen and oxygen atoms in total. The Kier molecular flexibility index (Phi) is 8.90. The molecule has 1 atom stereocenters. The lowest BCUT2D eigenvalue weighted by Gasteiger charge is -2.21. The molecule has 2 amide bonds. The third-order valence-electron chi connectivity index (χ3n) is 4.76. The van der Waals surface area contributed by atoms with Crippen molar-refractivity contribution < 1.29 is 28.8 Å². The Labute approximate surface area is 191 Å². The average Bonchev–Trinajstić information content (AvgIpc) is 2.77. The maximum atomic E-state index is 12.5. The first-order chi connectivity index (χ1) is 15.6. The van der Waals surface area contributed by atoms with Crippen LogP contribution in [0.1, 0.15) is 36.7 Å². The highest BCUT2D eigenvalue weighted by Gasteiger charge is 2.27. The number of rotatable bonds is 10. The lowest BCUT2D eigenvalue weighted by atomic mass is 10.0. The van der Waals surface area contributed by atoms with Crippen LogP contribution in [-0.4, -0.2) is 42.0 Å². The predicted molar refractivity (Wildman–Crippen MR) is 121 cm³/mol. The Morgan fingerprint density at radius 3 is 2.33 bits per heavy atom. The Bertz CT molecular complexity index is 1020. The molecule has 0 saturated heterocycles. The van der Waals surface area contributed by atoms with Crippen molar-refractivity contribution in [3.63, 3.8) is 0 Å². The third kappa shape index (κ3) is 7.03. The largest absolute Gasteiger partial charge is 0.494 e. The van der Waals surface area contributed by atoms with Gasteiger partial charge in [-0.3, -0.25) is 19.7 Å². The van der Waals surface area contributed by atoms with Crippen LogP contribution in [0.3, 0.4) is 0 Å². The normalized spacial score (nSPS) is 11.4. The first-order valence-corrected chi connectivity index (χ1v) is 10.4. The number of hydrogen-bond acceptors (Lipinski definition) is 7. The van der Waals surface area contributed by atoms with Gasteiger partial charge in [0.25, 0.3) is 17.5 Å². The van der Waals surface area contributed by atoms with Gasteiger partial charge in [0.15, 0.2) is 6.61 Å². The summed E-state index contributed by atoms with van der Waals surface area (Å²) in [6, 6.07) is 9.77. The highest BCUT2D eigenvalue weighted by Crippen LogP contribution is 2.25. The molecule has 0 saturated carbocycles. The van der Waals surface area contributed by atoms with Crippen LogP contribution in [-0.2, 0) is 14.3 Å². The van der Waals surface area contributed by atoms with Crippen molar-refractivity contribution in [2.45, 2.75) is 33.7 Å². The fourth-order valence-electron chi connectivity index (χ4n) is 2.96. The highest BCUT2D eigenvalue weighted by molar-refractivity contribution is 5.98. The van der Waals surface area contributed by atoms with E-state index in [4.69, 9.17) is 9.47 Å². The van der Waals surface area contributed by atoms with E-state index in [9.17, 15) is 24.5 Å². The Morgan fingerprint density at radius 2 is 1.76 bits per heavy atom. The van der Waals surface area contributed by atoms with Gasteiger partial charge in [-0.25, -0.2) is 4.79 Å². The van der Waals surface area contributed by atoms with E-state index in [0.717, 1.165) is 0 Å². The zero-order valence-electron chi connectivity index (χ0n) is 18.9. The van der Waals surface area contributed by atoms with Gasteiger partial charge in [-0.2, -0.15) is 0 Å². The van der Waals surface area contributed by atoms with Gasteiger partial charge in [0, 0.05) is 11.6 Å². The predicted octanol–water partition coefficient (Wildman–Crippen LogP) is 3.24. The van der Waals surface area contributed by atoms with Gasteiger partial charge in [-0.1, -0.05) is 19.9 Å². The van der Waals surface area contributed by atoms with E-state index in [1.54, 1.807) is 38.1 Å². The number of hydrogen-bond donors (Lipinski definition) is 2.